The second-order valence-corrected chi connectivity index (χ2v) is 3.33. The van der Waals surface area contributed by atoms with Crippen LogP contribution < -0.4 is 0 Å². The highest BCUT2D eigenvalue weighted by Gasteiger charge is 2.47. The summed E-state index contributed by atoms with van der Waals surface area (Å²) in [6.07, 6.45) is -0.708. The highest BCUT2D eigenvalue weighted by molar-refractivity contribution is 5.03. The van der Waals surface area contributed by atoms with Crippen LogP contribution in [-0.2, 0) is 0 Å². The van der Waals surface area contributed by atoms with E-state index >= 15 is 0 Å². The lowest BCUT2D eigenvalue weighted by Gasteiger charge is -2.19. The van der Waals surface area contributed by atoms with Crippen LogP contribution in [0.3, 0.4) is 0 Å². The second-order valence-electron chi connectivity index (χ2n) is 3.33. The number of azo groups is 1. The van der Waals surface area contributed by atoms with E-state index in [1.165, 1.54) is 0 Å². The number of fused-ring (bicyclic) bond motifs is 2. The quantitative estimate of drug-likeness (QED) is 0.474. The van der Waals surface area contributed by atoms with Gasteiger partial charge in [0.15, 0.2) is 0 Å². The Balaban J connectivity index is 2.38. The molecule has 0 saturated heterocycles. The first-order valence-electron chi connectivity index (χ1n) is 4.45. The number of nitrogens with zero attached hydrogens (tertiary/aromatic N) is 2. The van der Waals surface area contributed by atoms with Crippen molar-refractivity contribution in [1.82, 2.24) is 0 Å². The van der Waals surface area contributed by atoms with Crippen LogP contribution in [0.1, 0.15) is 29.4 Å². The van der Waals surface area contributed by atoms with Gasteiger partial charge in [0.1, 0.15) is 0 Å². The van der Waals surface area contributed by atoms with Crippen LogP contribution in [0.5, 0.6) is 0 Å². The SMILES string of the molecule is [2H][C@@H]1[C@H]([2H])[C@H]2N=N[C@@H]1C2(C)C. The zero-order valence-electron chi connectivity index (χ0n) is 7.70. The van der Waals surface area contributed by atoms with Gasteiger partial charge in [-0.3, -0.25) is 0 Å². The summed E-state index contributed by atoms with van der Waals surface area (Å²) in [5, 5.41) is 8.01. The summed E-state index contributed by atoms with van der Waals surface area (Å²) < 4.78 is 15.3. The Morgan fingerprint density at radius 2 is 1.78 bits per heavy atom. The molecular weight excluding hydrogens is 112 g/mol. The molecule has 9 heavy (non-hydrogen) atoms. The normalized spacial score (nSPS) is 63.8. The number of rotatable bonds is 0. The van der Waals surface area contributed by atoms with Gasteiger partial charge in [-0.15, -0.1) is 0 Å². The van der Waals surface area contributed by atoms with Crippen LogP contribution in [0.4, 0.5) is 0 Å². The molecular formula is C7H12N2. The highest BCUT2D eigenvalue weighted by Crippen LogP contribution is 2.46. The zero-order valence-corrected chi connectivity index (χ0v) is 5.70. The molecule has 0 aromatic carbocycles. The Hall–Kier alpha value is -0.400. The fourth-order valence-corrected chi connectivity index (χ4v) is 1.40. The van der Waals surface area contributed by atoms with Crippen molar-refractivity contribution in [3.05, 3.63) is 0 Å². The maximum atomic E-state index is 7.64. The maximum absolute atomic E-state index is 7.64. The molecule has 0 aromatic heterocycles. The molecule has 1 aliphatic carbocycles. The minimum Gasteiger partial charge on any atom is -0.190 e. The summed E-state index contributed by atoms with van der Waals surface area (Å²) >= 11 is 0. The van der Waals surface area contributed by atoms with Crippen LogP contribution in [-0.4, -0.2) is 12.1 Å². The van der Waals surface area contributed by atoms with E-state index in [2.05, 4.69) is 24.1 Å². The van der Waals surface area contributed by atoms with E-state index in [1.54, 1.807) is 0 Å². The van der Waals surface area contributed by atoms with Crippen molar-refractivity contribution in [1.29, 1.82) is 0 Å². The molecule has 2 nitrogen and oxygen atoms in total. The van der Waals surface area contributed by atoms with Gasteiger partial charge >= 0.3 is 0 Å². The summed E-state index contributed by atoms with van der Waals surface area (Å²) in [7, 11) is 0. The predicted molar refractivity (Wildman–Crippen MR) is 35.4 cm³/mol. The average molecular weight is 126 g/mol. The summed E-state index contributed by atoms with van der Waals surface area (Å²) in [6, 6.07) is -0.0648. The van der Waals surface area contributed by atoms with Gasteiger partial charge in [-0.2, -0.15) is 10.2 Å². The van der Waals surface area contributed by atoms with Crippen LogP contribution in [0, 0.1) is 5.41 Å². The third-order valence-corrected chi connectivity index (χ3v) is 2.32. The van der Waals surface area contributed by atoms with Crippen LogP contribution in [0.25, 0.3) is 0 Å². The van der Waals surface area contributed by atoms with Crippen molar-refractivity contribution in [2.45, 2.75) is 38.7 Å². The molecule has 1 saturated carbocycles. The molecule has 0 radical (unpaired) electrons. The molecule has 2 bridgehead atoms. The topological polar surface area (TPSA) is 24.7 Å². The van der Waals surface area contributed by atoms with E-state index in [1.807, 2.05) is 0 Å². The van der Waals surface area contributed by atoms with Gasteiger partial charge in [0, 0.05) is 8.16 Å². The first kappa shape index (κ1) is 3.69. The Kier molecular flexibility index (Phi) is 0.558. The first-order chi connectivity index (χ1) is 5.05. The third kappa shape index (κ3) is 0.511. The van der Waals surface area contributed by atoms with E-state index in [0.717, 1.165) is 0 Å². The Morgan fingerprint density at radius 1 is 1.33 bits per heavy atom. The lowest BCUT2D eigenvalue weighted by atomic mass is 9.86. The van der Waals surface area contributed by atoms with Gasteiger partial charge in [-0.25, -0.2) is 0 Å². The predicted octanol–water partition coefficient (Wildman–Crippen LogP) is 2.01. The highest BCUT2D eigenvalue weighted by atomic mass is 15.2. The minimum absolute atomic E-state index is 0.0324. The smallest absolute Gasteiger partial charge is 0.0781 e. The summed E-state index contributed by atoms with van der Waals surface area (Å²) in [6.45, 7) is 4.11. The van der Waals surface area contributed by atoms with E-state index < -0.39 is 0 Å². The molecule has 0 aromatic rings. The molecule has 0 spiro atoms. The number of hydrogen-bond acceptors (Lipinski definition) is 2. The molecule has 2 heteroatoms. The Morgan fingerprint density at radius 3 is 2.00 bits per heavy atom. The van der Waals surface area contributed by atoms with Gasteiger partial charge in [0.25, 0.3) is 0 Å². The monoisotopic (exact) mass is 126 g/mol. The third-order valence-electron chi connectivity index (χ3n) is 2.32. The van der Waals surface area contributed by atoms with E-state index in [-0.39, 0.29) is 30.3 Å². The molecule has 0 N–H and O–H groups in total. The molecule has 2 rings (SSSR count). The maximum Gasteiger partial charge on any atom is 0.0781 e. The Labute approximate surface area is 58.2 Å². The molecule has 0 amide bonds. The van der Waals surface area contributed by atoms with Crippen LogP contribution in [0.15, 0.2) is 10.2 Å². The zero-order chi connectivity index (χ0) is 8.22. The minimum atomic E-state index is -0.354. The Bertz CT molecular complexity index is 194. The van der Waals surface area contributed by atoms with Crippen molar-refractivity contribution < 1.29 is 2.74 Å². The van der Waals surface area contributed by atoms with Gasteiger partial charge in [0.2, 0.25) is 0 Å². The molecule has 0 unspecified atom stereocenters. The molecule has 1 heterocycles. The molecule has 4 atom stereocenters. The van der Waals surface area contributed by atoms with Crippen LogP contribution in [0.2, 0.25) is 0 Å². The van der Waals surface area contributed by atoms with Crippen molar-refractivity contribution >= 4 is 0 Å². The molecule has 1 aliphatic heterocycles. The number of hydrogen-bond donors (Lipinski definition) is 0. The van der Waals surface area contributed by atoms with Crippen molar-refractivity contribution in [2.75, 3.05) is 0 Å². The van der Waals surface area contributed by atoms with Crippen molar-refractivity contribution in [3.63, 3.8) is 0 Å². The van der Waals surface area contributed by atoms with Gasteiger partial charge in [-0.05, 0) is 12.8 Å². The average Bonchev–Trinajstić information content (AvgIpc) is 2.27. The molecule has 2 aliphatic rings. The second kappa shape index (κ2) is 1.36. The fourth-order valence-electron chi connectivity index (χ4n) is 1.40. The van der Waals surface area contributed by atoms with Gasteiger partial charge in [0.05, 0.1) is 12.1 Å². The summed E-state index contributed by atoms with van der Waals surface area (Å²) in [4.78, 5) is 0. The van der Waals surface area contributed by atoms with Crippen LogP contribution >= 0.6 is 0 Å². The van der Waals surface area contributed by atoms with Crippen molar-refractivity contribution in [2.24, 2.45) is 15.6 Å². The van der Waals surface area contributed by atoms with E-state index in [9.17, 15) is 0 Å². The van der Waals surface area contributed by atoms with E-state index in [0.29, 0.717) is 0 Å². The standard InChI is InChI=1S/C7H12N2/c1-7(2)5-3-4-6(7)9-8-5/h5-6H,3-4H2,1-2H3/t5-,6+/i3D,4D/t3-,4+,5+,6-. The summed E-state index contributed by atoms with van der Waals surface area (Å²) in [5.41, 5.74) is -0.0428. The van der Waals surface area contributed by atoms with Crippen molar-refractivity contribution in [3.8, 4) is 0 Å². The van der Waals surface area contributed by atoms with E-state index in [4.69, 9.17) is 2.74 Å². The summed E-state index contributed by atoms with van der Waals surface area (Å²) in [5.74, 6) is 0. The lowest BCUT2D eigenvalue weighted by Crippen LogP contribution is -2.24. The van der Waals surface area contributed by atoms with Gasteiger partial charge in [-0.1, -0.05) is 13.8 Å². The largest absolute Gasteiger partial charge is 0.190 e. The lowest BCUT2D eigenvalue weighted by molar-refractivity contribution is 0.343. The first-order valence-corrected chi connectivity index (χ1v) is 3.29. The fraction of sp³-hybridized carbons (Fsp3) is 1.00. The molecule has 1 fully saturated rings. The van der Waals surface area contributed by atoms with Gasteiger partial charge < -0.3 is 0 Å². The molecule has 50 valence electrons.